The minimum atomic E-state index is -5.08. The van der Waals surface area contributed by atoms with E-state index in [1.54, 1.807) is 24.5 Å². The molecule has 1 amide bonds. The number of rotatable bonds is 7. The van der Waals surface area contributed by atoms with Crippen LogP contribution in [-0.4, -0.2) is 49.7 Å². The smallest absolute Gasteiger partial charge is 0.494 e. The summed E-state index contributed by atoms with van der Waals surface area (Å²) >= 11 is 0. The van der Waals surface area contributed by atoms with E-state index in [9.17, 15) is 27.5 Å². The lowest BCUT2D eigenvalue weighted by Crippen LogP contribution is -2.42. The van der Waals surface area contributed by atoms with Gasteiger partial charge in [-0.05, 0) is 43.7 Å². The Morgan fingerprint density at radius 2 is 1.89 bits per heavy atom. The van der Waals surface area contributed by atoms with E-state index in [2.05, 4.69) is 25.1 Å². The van der Waals surface area contributed by atoms with Crippen molar-refractivity contribution in [1.82, 2.24) is 24.9 Å². The number of alkyl halides is 3. The number of aliphatic hydroxyl groups is 1. The van der Waals surface area contributed by atoms with Crippen molar-refractivity contribution < 1.29 is 36.9 Å². The Morgan fingerprint density at radius 1 is 1.14 bits per heavy atom. The van der Waals surface area contributed by atoms with Crippen LogP contribution < -0.4 is 14.8 Å². The van der Waals surface area contributed by atoms with Crippen molar-refractivity contribution in [2.45, 2.75) is 31.9 Å². The van der Waals surface area contributed by atoms with E-state index in [1.807, 2.05) is 0 Å². The summed E-state index contributed by atoms with van der Waals surface area (Å²) in [5, 5.41) is 17.4. The molecule has 0 aliphatic rings. The molecule has 0 saturated carbocycles. The van der Waals surface area contributed by atoms with Crippen LogP contribution in [0.5, 0.6) is 11.5 Å². The summed E-state index contributed by atoms with van der Waals surface area (Å²) in [6.07, 6.45) is 0.862. The van der Waals surface area contributed by atoms with Gasteiger partial charge in [-0.15, -0.1) is 13.2 Å². The fourth-order valence-corrected chi connectivity index (χ4v) is 3.71. The molecule has 0 radical (unpaired) electrons. The number of methoxy groups -OCH3 is 1. The maximum atomic E-state index is 14.4. The van der Waals surface area contributed by atoms with Gasteiger partial charge in [-0.25, -0.2) is 13.9 Å². The van der Waals surface area contributed by atoms with Gasteiger partial charge in [0, 0.05) is 18.0 Å². The minimum absolute atomic E-state index is 0.0134. The summed E-state index contributed by atoms with van der Waals surface area (Å²) in [5.74, 6) is -2.59. The Balaban J connectivity index is 1.67. The maximum absolute atomic E-state index is 14.4. The molecule has 0 fully saturated rings. The molecule has 9 nitrogen and oxygen atoms in total. The highest BCUT2D eigenvalue weighted by Crippen LogP contribution is 2.32. The molecule has 0 unspecified atom stereocenters. The lowest BCUT2D eigenvalue weighted by atomic mass is 9.91. The van der Waals surface area contributed by atoms with Gasteiger partial charge in [-0.1, -0.05) is 6.07 Å². The van der Waals surface area contributed by atoms with Crippen molar-refractivity contribution in [2.75, 3.05) is 7.11 Å². The van der Waals surface area contributed by atoms with Crippen LogP contribution in [0, 0.1) is 5.82 Å². The largest absolute Gasteiger partial charge is 0.573 e. The van der Waals surface area contributed by atoms with Crippen molar-refractivity contribution in [3.8, 4) is 22.8 Å². The van der Waals surface area contributed by atoms with Gasteiger partial charge >= 0.3 is 6.36 Å². The SMILES string of the molecule is COc1cnccc1-c1ccn2ncc(C(=O)N[C@@H](c3ccc(OC(F)(F)F)c(F)c3)C(C)(C)O)c2n1. The first-order valence-corrected chi connectivity index (χ1v) is 10.8. The summed E-state index contributed by atoms with van der Waals surface area (Å²) in [7, 11) is 1.48. The number of carbonyl (C=O) groups is 1. The average Bonchev–Trinajstić information content (AvgIpc) is 3.25. The summed E-state index contributed by atoms with van der Waals surface area (Å²) in [6.45, 7) is 2.72. The van der Waals surface area contributed by atoms with Crippen molar-refractivity contribution in [3.63, 3.8) is 0 Å². The molecule has 0 spiro atoms. The zero-order valence-corrected chi connectivity index (χ0v) is 19.7. The molecule has 0 bridgehead atoms. The predicted molar refractivity (Wildman–Crippen MR) is 122 cm³/mol. The summed E-state index contributed by atoms with van der Waals surface area (Å²) in [6, 6.07) is 4.80. The first kappa shape index (κ1) is 25.8. The Kier molecular flexibility index (Phi) is 6.74. The second kappa shape index (κ2) is 9.65. The highest BCUT2D eigenvalue weighted by atomic mass is 19.4. The molecule has 194 valence electrons. The number of amides is 1. The Hall–Kier alpha value is -4.26. The molecule has 13 heteroatoms. The molecule has 0 saturated heterocycles. The first-order valence-electron chi connectivity index (χ1n) is 10.8. The number of halogens is 4. The zero-order chi connectivity index (χ0) is 27.0. The number of carbonyl (C=O) groups excluding carboxylic acids is 1. The van der Waals surface area contributed by atoms with E-state index in [4.69, 9.17) is 4.74 Å². The number of pyridine rings is 1. The van der Waals surface area contributed by atoms with Crippen LogP contribution in [0.25, 0.3) is 16.9 Å². The van der Waals surface area contributed by atoms with Gasteiger partial charge in [0.15, 0.2) is 17.2 Å². The molecule has 3 aromatic heterocycles. The minimum Gasteiger partial charge on any atom is -0.494 e. The lowest BCUT2D eigenvalue weighted by molar-refractivity contribution is -0.275. The van der Waals surface area contributed by atoms with Crippen LogP contribution in [0.15, 0.2) is 55.1 Å². The summed E-state index contributed by atoms with van der Waals surface area (Å²) in [4.78, 5) is 21.8. The molecule has 0 aliphatic heterocycles. The van der Waals surface area contributed by atoms with Crippen LogP contribution in [0.2, 0.25) is 0 Å². The fourth-order valence-electron chi connectivity index (χ4n) is 3.71. The Labute approximate surface area is 207 Å². The number of aromatic nitrogens is 4. The van der Waals surface area contributed by atoms with Gasteiger partial charge in [0.25, 0.3) is 5.91 Å². The molecule has 3 heterocycles. The van der Waals surface area contributed by atoms with Crippen molar-refractivity contribution in [1.29, 1.82) is 0 Å². The molecule has 1 aromatic carbocycles. The molecule has 4 aromatic rings. The summed E-state index contributed by atoms with van der Waals surface area (Å²) in [5.41, 5.74) is -0.300. The second-order valence-corrected chi connectivity index (χ2v) is 8.51. The number of fused-ring (bicyclic) bond motifs is 1. The molecule has 0 aliphatic carbocycles. The van der Waals surface area contributed by atoms with Gasteiger partial charge in [0.05, 0.1) is 36.8 Å². The van der Waals surface area contributed by atoms with E-state index in [0.29, 0.717) is 17.0 Å². The first-order chi connectivity index (χ1) is 17.4. The van der Waals surface area contributed by atoms with Crippen LogP contribution in [0.1, 0.15) is 35.8 Å². The lowest BCUT2D eigenvalue weighted by Gasteiger charge is -2.30. The van der Waals surface area contributed by atoms with Gasteiger partial charge in [0.1, 0.15) is 11.3 Å². The number of hydrogen-bond donors (Lipinski definition) is 2. The number of nitrogens with one attached hydrogen (secondary N) is 1. The normalized spacial score (nSPS) is 12.9. The van der Waals surface area contributed by atoms with E-state index in [0.717, 1.165) is 18.2 Å². The second-order valence-electron chi connectivity index (χ2n) is 8.51. The Bertz CT molecular complexity index is 1450. The van der Waals surface area contributed by atoms with Crippen molar-refractivity contribution in [3.05, 3.63) is 72.1 Å². The topological polar surface area (TPSA) is 111 Å². The average molecular weight is 519 g/mol. The third kappa shape index (κ3) is 5.61. The van der Waals surface area contributed by atoms with E-state index >= 15 is 0 Å². The highest BCUT2D eigenvalue weighted by Gasteiger charge is 2.34. The monoisotopic (exact) mass is 519 g/mol. The molecular weight excluding hydrogens is 498 g/mol. The van der Waals surface area contributed by atoms with Crippen LogP contribution in [0.4, 0.5) is 17.6 Å². The molecule has 2 N–H and O–H groups in total. The number of benzene rings is 1. The molecule has 1 atom stereocenters. The van der Waals surface area contributed by atoms with E-state index in [-0.39, 0.29) is 16.8 Å². The van der Waals surface area contributed by atoms with Gasteiger partial charge in [-0.3, -0.25) is 9.78 Å². The number of nitrogens with zero attached hydrogens (tertiary/aromatic N) is 4. The van der Waals surface area contributed by atoms with Gasteiger partial charge in [-0.2, -0.15) is 5.10 Å². The molecular formula is C24H21F4N5O4. The maximum Gasteiger partial charge on any atom is 0.573 e. The Morgan fingerprint density at radius 3 is 2.54 bits per heavy atom. The van der Waals surface area contributed by atoms with Crippen molar-refractivity contribution >= 4 is 11.6 Å². The standard InChI is InChI=1S/C24H21F4N5O4/c1-23(2,35)20(13-4-5-18(16(25)10-13)37-24(26,27)28)32-22(34)15-11-30-33-9-7-17(31-21(15)33)14-6-8-29-12-19(14)36-3/h4-12,20,35H,1-3H3,(H,32,34)/t20-/m0/s1. The van der Waals surface area contributed by atoms with E-state index < -0.39 is 35.5 Å². The van der Waals surface area contributed by atoms with Crippen LogP contribution >= 0.6 is 0 Å². The van der Waals surface area contributed by atoms with Crippen LogP contribution in [-0.2, 0) is 0 Å². The number of hydrogen-bond acceptors (Lipinski definition) is 7. The summed E-state index contributed by atoms with van der Waals surface area (Å²) < 4.78 is 62.2. The highest BCUT2D eigenvalue weighted by molar-refractivity contribution is 6.00. The van der Waals surface area contributed by atoms with Gasteiger partial charge < -0.3 is 19.9 Å². The quantitative estimate of drug-likeness (QED) is 0.354. The van der Waals surface area contributed by atoms with Crippen molar-refractivity contribution in [2.24, 2.45) is 0 Å². The van der Waals surface area contributed by atoms with E-state index in [1.165, 1.54) is 37.9 Å². The molecule has 4 rings (SSSR count). The zero-order valence-electron chi connectivity index (χ0n) is 19.7. The van der Waals surface area contributed by atoms with Gasteiger partial charge in [0.2, 0.25) is 0 Å². The predicted octanol–water partition coefficient (Wildman–Crippen LogP) is 4.08. The molecule has 37 heavy (non-hydrogen) atoms. The third-order valence-electron chi connectivity index (χ3n) is 5.39. The van der Waals surface area contributed by atoms with Crippen LogP contribution in [0.3, 0.4) is 0 Å². The fraction of sp³-hybridized carbons (Fsp3) is 0.250. The number of ether oxygens (including phenoxy) is 2. The third-order valence-corrected chi connectivity index (χ3v) is 5.39.